The molecule has 2 unspecified atom stereocenters. The summed E-state index contributed by atoms with van der Waals surface area (Å²) < 4.78 is 10.9. The molecule has 16 heavy (non-hydrogen) atoms. The summed E-state index contributed by atoms with van der Waals surface area (Å²) in [5.41, 5.74) is -0.0484. The van der Waals surface area contributed by atoms with Gasteiger partial charge in [-0.15, -0.1) is 0 Å². The third-order valence-electron chi connectivity index (χ3n) is 2.42. The molecule has 2 heterocycles. The third-order valence-corrected chi connectivity index (χ3v) is 3.28. The Labute approximate surface area is 100.0 Å². The first-order valence-electron chi connectivity index (χ1n) is 5.50. The zero-order valence-corrected chi connectivity index (χ0v) is 10.2. The SMILES string of the molecule is CC(O)COC1SC=CN1N1CCOCC1. The fraction of sp³-hybridized carbons (Fsp3) is 0.800. The van der Waals surface area contributed by atoms with Crippen LogP contribution in [0.4, 0.5) is 0 Å². The fourth-order valence-electron chi connectivity index (χ4n) is 1.65. The van der Waals surface area contributed by atoms with Crippen molar-refractivity contribution in [2.45, 2.75) is 18.6 Å². The second-order valence-corrected chi connectivity index (χ2v) is 4.80. The number of rotatable bonds is 4. The van der Waals surface area contributed by atoms with Gasteiger partial charge in [0.05, 0.1) is 25.9 Å². The molecule has 1 fully saturated rings. The van der Waals surface area contributed by atoms with Gasteiger partial charge >= 0.3 is 0 Å². The van der Waals surface area contributed by atoms with Crippen molar-refractivity contribution in [3.63, 3.8) is 0 Å². The summed E-state index contributed by atoms with van der Waals surface area (Å²) in [6.45, 7) is 5.39. The Kier molecular flexibility index (Phi) is 4.48. The van der Waals surface area contributed by atoms with Crippen molar-refractivity contribution in [3.8, 4) is 0 Å². The van der Waals surface area contributed by atoms with Gasteiger partial charge in [-0.05, 0) is 12.3 Å². The number of nitrogens with zero attached hydrogens (tertiary/aromatic N) is 2. The summed E-state index contributed by atoms with van der Waals surface area (Å²) in [7, 11) is 0. The molecule has 92 valence electrons. The summed E-state index contributed by atoms with van der Waals surface area (Å²) in [4.78, 5) is 0. The minimum atomic E-state index is -0.423. The number of aliphatic hydroxyl groups is 1. The predicted octanol–water partition coefficient (Wildman–Crippen LogP) is 0.435. The van der Waals surface area contributed by atoms with E-state index in [0.717, 1.165) is 26.3 Å². The lowest BCUT2D eigenvalue weighted by Crippen LogP contribution is -2.49. The van der Waals surface area contributed by atoms with Crippen molar-refractivity contribution in [2.24, 2.45) is 0 Å². The maximum Gasteiger partial charge on any atom is 0.195 e. The molecule has 1 N–H and O–H groups in total. The average Bonchev–Trinajstić information content (AvgIpc) is 2.75. The molecule has 0 amide bonds. The van der Waals surface area contributed by atoms with Crippen LogP contribution in [0.5, 0.6) is 0 Å². The summed E-state index contributed by atoms with van der Waals surface area (Å²) >= 11 is 1.62. The van der Waals surface area contributed by atoms with Gasteiger partial charge in [0.2, 0.25) is 0 Å². The number of hydrogen-bond donors (Lipinski definition) is 1. The van der Waals surface area contributed by atoms with E-state index in [0.29, 0.717) is 6.61 Å². The van der Waals surface area contributed by atoms with Crippen LogP contribution in [0.1, 0.15) is 6.92 Å². The summed E-state index contributed by atoms with van der Waals surface area (Å²) in [6, 6.07) is 0. The highest BCUT2D eigenvalue weighted by Gasteiger charge is 2.27. The molecule has 0 aliphatic carbocycles. The van der Waals surface area contributed by atoms with Gasteiger partial charge < -0.3 is 14.6 Å². The van der Waals surface area contributed by atoms with Crippen LogP contribution in [0.2, 0.25) is 0 Å². The normalized spacial score (nSPS) is 28.6. The van der Waals surface area contributed by atoms with Crippen LogP contribution >= 0.6 is 11.8 Å². The number of thioether (sulfide) groups is 1. The number of aliphatic hydroxyl groups excluding tert-OH is 1. The number of hydrazine groups is 1. The summed E-state index contributed by atoms with van der Waals surface area (Å²) in [5.74, 6) is 0. The zero-order valence-electron chi connectivity index (χ0n) is 9.41. The standard InChI is InChI=1S/C10H18N2O3S/c1-9(13)8-15-10-12(4-7-16-10)11-2-5-14-6-3-11/h4,7,9-10,13H,2-3,5-6,8H2,1H3. The molecule has 0 aromatic carbocycles. The van der Waals surface area contributed by atoms with Gasteiger partial charge in [-0.2, -0.15) is 0 Å². The molecule has 0 bridgehead atoms. The quantitative estimate of drug-likeness (QED) is 0.776. The minimum Gasteiger partial charge on any atom is -0.391 e. The number of hydrogen-bond acceptors (Lipinski definition) is 6. The van der Waals surface area contributed by atoms with E-state index >= 15 is 0 Å². The van der Waals surface area contributed by atoms with Crippen LogP contribution in [0.25, 0.3) is 0 Å². The van der Waals surface area contributed by atoms with Crippen LogP contribution in [0.3, 0.4) is 0 Å². The maximum atomic E-state index is 9.20. The molecule has 0 radical (unpaired) electrons. The van der Waals surface area contributed by atoms with Crippen molar-refractivity contribution in [2.75, 3.05) is 32.9 Å². The number of ether oxygens (including phenoxy) is 2. The van der Waals surface area contributed by atoms with Gasteiger partial charge in [-0.25, -0.2) is 5.01 Å². The first kappa shape index (κ1) is 12.2. The van der Waals surface area contributed by atoms with Crippen LogP contribution < -0.4 is 0 Å². The van der Waals surface area contributed by atoms with Crippen LogP contribution in [-0.2, 0) is 9.47 Å². The van der Waals surface area contributed by atoms with Gasteiger partial charge in [0.1, 0.15) is 0 Å². The molecule has 2 aliphatic heterocycles. The van der Waals surface area contributed by atoms with E-state index in [4.69, 9.17) is 9.47 Å². The minimum absolute atomic E-state index is 0.0484. The van der Waals surface area contributed by atoms with Crippen LogP contribution in [0.15, 0.2) is 11.6 Å². The second-order valence-electron chi connectivity index (χ2n) is 3.86. The molecule has 2 rings (SSSR count). The molecular weight excluding hydrogens is 228 g/mol. The Hall–Kier alpha value is -0.270. The van der Waals surface area contributed by atoms with Crippen molar-refractivity contribution in [3.05, 3.63) is 11.6 Å². The monoisotopic (exact) mass is 246 g/mol. The lowest BCUT2D eigenvalue weighted by molar-refractivity contribution is -0.131. The van der Waals surface area contributed by atoms with E-state index in [1.54, 1.807) is 18.7 Å². The molecule has 0 aromatic rings. The van der Waals surface area contributed by atoms with Gasteiger partial charge in [0, 0.05) is 19.3 Å². The van der Waals surface area contributed by atoms with E-state index in [9.17, 15) is 5.11 Å². The van der Waals surface area contributed by atoms with E-state index in [1.165, 1.54) is 0 Å². The number of morpholine rings is 1. The average molecular weight is 246 g/mol. The molecule has 6 heteroatoms. The predicted molar refractivity (Wildman–Crippen MR) is 62.4 cm³/mol. The molecule has 1 saturated heterocycles. The van der Waals surface area contributed by atoms with Crippen LogP contribution in [-0.4, -0.2) is 59.7 Å². The fourth-order valence-corrected chi connectivity index (χ4v) is 2.46. The third kappa shape index (κ3) is 3.11. The Morgan fingerprint density at radius 1 is 1.56 bits per heavy atom. The van der Waals surface area contributed by atoms with Crippen molar-refractivity contribution >= 4 is 11.8 Å². The molecule has 2 aliphatic rings. The summed E-state index contributed by atoms with van der Waals surface area (Å²) in [6.07, 6.45) is 1.59. The molecule has 0 saturated carbocycles. The van der Waals surface area contributed by atoms with Crippen molar-refractivity contribution < 1.29 is 14.6 Å². The van der Waals surface area contributed by atoms with E-state index in [1.807, 2.05) is 11.6 Å². The Balaban J connectivity index is 1.84. The maximum absolute atomic E-state index is 9.20. The largest absolute Gasteiger partial charge is 0.391 e. The van der Waals surface area contributed by atoms with Gasteiger partial charge in [0.25, 0.3) is 0 Å². The lowest BCUT2D eigenvalue weighted by Gasteiger charge is -2.37. The summed E-state index contributed by atoms with van der Waals surface area (Å²) in [5, 5.41) is 15.5. The Morgan fingerprint density at radius 3 is 3.00 bits per heavy atom. The smallest absolute Gasteiger partial charge is 0.195 e. The lowest BCUT2D eigenvalue weighted by atomic mass is 10.4. The highest BCUT2D eigenvalue weighted by atomic mass is 32.2. The highest BCUT2D eigenvalue weighted by molar-refractivity contribution is 8.02. The van der Waals surface area contributed by atoms with Crippen LogP contribution in [0, 0.1) is 0 Å². The van der Waals surface area contributed by atoms with Gasteiger partial charge in [-0.1, -0.05) is 11.8 Å². The van der Waals surface area contributed by atoms with Gasteiger partial charge in [-0.3, -0.25) is 5.01 Å². The van der Waals surface area contributed by atoms with Crippen molar-refractivity contribution in [1.82, 2.24) is 10.0 Å². The highest BCUT2D eigenvalue weighted by Crippen LogP contribution is 2.28. The van der Waals surface area contributed by atoms with E-state index < -0.39 is 6.10 Å². The van der Waals surface area contributed by atoms with Crippen molar-refractivity contribution in [1.29, 1.82) is 0 Å². The first-order valence-corrected chi connectivity index (χ1v) is 6.44. The first-order chi connectivity index (χ1) is 7.77. The Morgan fingerprint density at radius 2 is 2.31 bits per heavy atom. The van der Waals surface area contributed by atoms with Gasteiger partial charge in [0.15, 0.2) is 5.56 Å². The topological polar surface area (TPSA) is 45.2 Å². The zero-order chi connectivity index (χ0) is 11.4. The Bertz CT molecular complexity index is 244. The molecule has 0 aromatic heterocycles. The molecule has 2 atom stereocenters. The second kappa shape index (κ2) is 5.88. The molecule has 0 spiro atoms. The molecule has 5 nitrogen and oxygen atoms in total. The van der Waals surface area contributed by atoms with E-state index in [-0.39, 0.29) is 5.56 Å². The van der Waals surface area contributed by atoms with E-state index in [2.05, 4.69) is 10.0 Å². The molecular formula is C10H18N2O3S.